The second-order valence-corrected chi connectivity index (χ2v) is 4.07. The molecule has 0 rings (SSSR count). The molecule has 0 aromatic rings. The van der Waals surface area contributed by atoms with Gasteiger partial charge in [-0.3, -0.25) is 9.59 Å². The zero-order valence-electron chi connectivity index (χ0n) is 9.67. The molecule has 0 aromatic carbocycles. The molecule has 4 nitrogen and oxygen atoms in total. The number of alkyl halides is 1. The Kier molecular flexibility index (Phi) is 10.5. The molecule has 94 valence electrons. The third-order valence-corrected chi connectivity index (χ3v) is 2.44. The molecule has 0 aromatic heterocycles. The Morgan fingerprint density at radius 1 is 1.00 bits per heavy atom. The van der Waals surface area contributed by atoms with Crippen molar-refractivity contribution in [1.82, 2.24) is 0 Å². The first-order valence-electron chi connectivity index (χ1n) is 5.58. The molecule has 0 amide bonds. The molecule has 0 aliphatic carbocycles. The van der Waals surface area contributed by atoms with Crippen LogP contribution >= 0.6 is 15.9 Å². The summed E-state index contributed by atoms with van der Waals surface area (Å²) in [4.78, 5) is 22.1. The van der Waals surface area contributed by atoms with E-state index in [2.05, 4.69) is 15.9 Å². The quantitative estimate of drug-likeness (QED) is 0.372. The number of esters is 2. The van der Waals surface area contributed by atoms with Gasteiger partial charge < -0.3 is 9.47 Å². The lowest BCUT2D eigenvalue weighted by molar-refractivity contribution is -0.150. The highest BCUT2D eigenvalue weighted by Gasteiger charge is 2.07. The van der Waals surface area contributed by atoms with Gasteiger partial charge in [-0.25, -0.2) is 0 Å². The molecule has 0 radical (unpaired) electrons. The highest BCUT2D eigenvalue weighted by atomic mass is 79.9. The van der Waals surface area contributed by atoms with Crippen LogP contribution in [0.4, 0.5) is 0 Å². The first kappa shape index (κ1) is 15.4. The second kappa shape index (κ2) is 10.9. The Hall–Kier alpha value is -0.580. The van der Waals surface area contributed by atoms with Gasteiger partial charge in [-0.15, -0.1) is 0 Å². The highest BCUT2D eigenvalue weighted by molar-refractivity contribution is 9.09. The Labute approximate surface area is 105 Å². The molecule has 0 aliphatic heterocycles. The predicted octanol–water partition coefficient (Wildman–Crippen LogP) is 2.44. The minimum Gasteiger partial charge on any atom is -0.466 e. The van der Waals surface area contributed by atoms with Gasteiger partial charge in [0.25, 0.3) is 0 Å². The van der Waals surface area contributed by atoms with Gasteiger partial charge in [0.1, 0.15) is 0 Å². The van der Waals surface area contributed by atoms with E-state index >= 15 is 0 Å². The van der Waals surface area contributed by atoms with Crippen LogP contribution in [0.5, 0.6) is 0 Å². The number of ether oxygens (including phenoxy) is 2. The standard InChI is InChI=1S/C11H19BrO4/c1-2-15-10(13)6-7-11(14)16-9-5-3-4-8-12/h2-9H2,1H3. The Morgan fingerprint density at radius 3 is 2.19 bits per heavy atom. The number of rotatable bonds is 9. The van der Waals surface area contributed by atoms with E-state index in [1.54, 1.807) is 6.92 Å². The summed E-state index contributed by atoms with van der Waals surface area (Å²) in [5.41, 5.74) is 0. The van der Waals surface area contributed by atoms with Gasteiger partial charge in [-0.05, 0) is 26.2 Å². The average Bonchev–Trinajstić information content (AvgIpc) is 2.26. The van der Waals surface area contributed by atoms with Crippen molar-refractivity contribution in [3.63, 3.8) is 0 Å². The predicted molar refractivity (Wildman–Crippen MR) is 64.5 cm³/mol. The van der Waals surface area contributed by atoms with Crippen LogP contribution in [0.2, 0.25) is 0 Å². The van der Waals surface area contributed by atoms with Crippen LogP contribution in [-0.2, 0) is 19.1 Å². The maximum Gasteiger partial charge on any atom is 0.306 e. The van der Waals surface area contributed by atoms with Crippen LogP contribution in [0.1, 0.15) is 39.0 Å². The van der Waals surface area contributed by atoms with Crippen molar-refractivity contribution in [2.75, 3.05) is 18.5 Å². The molecule has 0 unspecified atom stereocenters. The summed E-state index contributed by atoms with van der Waals surface area (Å²) in [6, 6.07) is 0. The van der Waals surface area contributed by atoms with Gasteiger partial charge in [0.05, 0.1) is 26.1 Å². The molecule has 0 heterocycles. The molecule has 0 atom stereocenters. The van der Waals surface area contributed by atoms with E-state index in [9.17, 15) is 9.59 Å². The van der Waals surface area contributed by atoms with Crippen molar-refractivity contribution in [3.8, 4) is 0 Å². The SMILES string of the molecule is CCOC(=O)CCC(=O)OCCCCCBr. The summed E-state index contributed by atoms with van der Waals surface area (Å²) in [6.45, 7) is 2.52. The van der Waals surface area contributed by atoms with Gasteiger partial charge in [-0.1, -0.05) is 15.9 Å². The van der Waals surface area contributed by atoms with Crippen molar-refractivity contribution in [3.05, 3.63) is 0 Å². The zero-order chi connectivity index (χ0) is 12.2. The molecule has 0 saturated carbocycles. The number of halogens is 1. The van der Waals surface area contributed by atoms with Crippen LogP contribution < -0.4 is 0 Å². The largest absolute Gasteiger partial charge is 0.466 e. The molecule has 0 bridgehead atoms. The lowest BCUT2D eigenvalue weighted by Crippen LogP contribution is -2.10. The van der Waals surface area contributed by atoms with Crippen molar-refractivity contribution in [2.45, 2.75) is 39.0 Å². The maximum absolute atomic E-state index is 11.1. The number of hydrogen-bond acceptors (Lipinski definition) is 4. The van der Waals surface area contributed by atoms with Gasteiger partial charge in [0.2, 0.25) is 0 Å². The molecular formula is C11H19BrO4. The smallest absolute Gasteiger partial charge is 0.306 e. The summed E-state index contributed by atoms with van der Waals surface area (Å²) in [5.74, 6) is -0.675. The summed E-state index contributed by atoms with van der Waals surface area (Å²) < 4.78 is 9.65. The highest BCUT2D eigenvalue weighted by Crippen LogP contribution is 2.01. The van der Waals surface area contributed by atoms with E-state index in [1.807, 2.05) is 0 Å². The number of carbonyl (C=O) groups is 2. The topological polar surface area (TPSA) is 52.6 Å². The van der Waals surface area contributed by atoms with E-state index in [0.29, 0.717) is 13.2 Å². The third kappa shape index (κ3) is 9.96. The molecule has 0 N–H and O–H groups in total. The second-order valence-electron chi connectivity index (χ2n) is 3.28. The Balaban J connectivity index is 3.34. The van der Waals surface area contributed by atoms with E-state index in [-0.39, 0.29) is 24.8 Å². The van der Waals surface area contributed by atoms with Crippen molar-refractivity contribution < 1.29 is 19.1 Å². The number of hydrogen-bond donors (Lipinski definition) is 0. The summed E-state index contributed by atoms with van der Waals surface area (Å²) in [5, 5.41) is 0.976. The Bertz CT molecular complexity index is 206. The maximum atomic E-state index is 11.1. The minimum absolute atomic E-state index is 0.105. The monoisotopic (exact) mass is 294 g/mol. The molecule has 0 saturated heterocycles. The van der Waals surface area contributed by atoms with E-state index in [0.717, 1.165) is 24.6 Å². The third-order valence-electron chi connectivity index (χ3n) is 1.88. The van der Waals surface area contributed by atoms with E-state index < -0.39 is 0 Å². The molecule has 0 fully saturated rings. The van der Waals surface area contributed by atoms with Gasteiger partial charge >= 0.3 is 11.9 Å². The van der Waals surface area contributed by atoms with Crippen LogP contribution in [0.25, 0.3) is 0 Å². The fourth-order valence-electron chi connectivity index (χ4n) is 1.07. The zero-order valence-corrected chi connectivity index (χ0v) is 11.3. The van der Waals surface area contributed by atoms with Crippen LogP contribution in [0.15, 0.2) is 0 Å². The molecule has 16 heavy (non-hydrogen) atoms. The normalized spacial score (nSPS) is 9.88. The molecular weight excluding hydrogens is 276 g/mol. The van der Waals surface area contributed by atoms with Gasteiger partial charge in [0.15, 0.2) is 0 Å². The Morgan fingerprint density at radius 2 is 1.62 bits per heavy atom. The number of carbonyl (C=O) groups excluding carboxylic acids is 2. The lowest BCUT2D eigenvalue weighted by Gasteiger charge is -2.04. The average molecular weight is 295 g/mol. The van der Waals surface area contributed by atoms with Crippen molar-refractivity contribution >= 4 is 27.9 Å². The van der Waals surface area contributed by atoms with Crippen molar-refractivity contribution in [2.24, 2.45) is 0 Å². The van der Waals surface area contributed by atoms with E-state index in [4.69, 9.17) is 9.47 Å². The summed E-state index contributed by atoms with van der Waals surface area (Å²) in [6.07, 6.45) is 3.21. The minimum atomic E-state index is -0.348. The van der Waals surface area contributed by atoms with Gasteiger partial charge in [0, 0.05) is 5.33 Å². The fourth-order valence-corrected chi connectivity index (χ4v) is 1.47. The fraction of sp³-hybridized carbons (Fsp3) is 0.818. The summed E-state index contributed by atoms with van der Waals surface area (Å²) >= 11 is 3.33. The van der Waals surface area contributed by atoms with Gasteiger partial charge in [-0.2, -0.15) is 0 Å². The molecule has 0 aliphatic rings. The molecule has 0 spiro atoms. The lowest BCUT2D eigenvalue weighted by atomic mass is 10.3. The van der Waals surface area contributed by atoms with Crippen LogP contribution in [0, 0.1) is 0 Å². The summed E-state index contributed by atoms with van der Waals surface area (Å²) in [7, 11) is 0. The van der Waals surface area contributed by atoms with Crippen LogP contribution in [0.3, 0.4) is 0 Å². The number of unbranched alkanes of at least 4 members (excludes halogenated alkanes) is 2. The van der Waals surface area contributed by atoms with E-state index in [1.165, 1.54) is 0 Å². The first-order valence-corrected chi connectivity index (χ1v) is 6.70. The first-order chi connectivity index (χ1) is 7.70. The van der Waals surface area contributed by atoms with Crippen molar-refractivity contribution in [1.29, 1.82) is 0 Å². The van der Waals surface area contributed by atoms with Crippen LogP contribution in [-0.4, -0.2) is 30.5 Å². The molecule has 5 heteroatoms.